The van der Waals surface area contributed by atoms with Crippen LogP contribution in [0.25, 0.3) is 0 Å². The number of anilines is 1. The zero-order chi connectivity index (χ0) is 17.4. The van der Waals surface area contributed by atoms with E-state index < -0.39 is 17.6 Å². The Kier molecular flexibility index (Phi) is 4.35. The number of hydrogen-bond acceptors (Lipinski definition) is 7. The molecule has 3 heterocycles. The average molecular weight is 348 g/mol. The molecule has 8 nitrogen and oxygen atoms in total. The number of carbonyl (C=O) groups is 1. The van der Waals surface area contributed by atoms with Gasteiger partial charge in [0.15, 0.2) is 0 Å². The van der Waals surface area contributed by atoms with Gasteiger partial charge in [0.1, 0.15) is 0 Å². The fourth-order valence-electron chi connectivity index (χ4n) is 4.08. The fraction of sp³-hybridized carbons (Fsp3) is 0.706. The van der Waals surface area contributed by atoms with Gasteiger partial charge in [0, 0.05) is 50.4 Å². The molecule has 1 amide bonds. The van der Waals surface area contributed by atoms with Gasteiger partial charge in [0.05, 0.1) is 31.0 Å². The second-order valence-corrected chi connectivity index (χ2v) is 7.16. The smallest absolute Gasteiger partial charge is 0.256 e. The first-order chi connectivity index (χ1) is 12.1. The molecule has 0 bridgehead atoms. The van der Waals surface area contributed by atoms with Crippen LogP contribution in [0, 0.1) is 5.41 Å². The van der Waals surface area contributed by atoms with Gasteiger partial charge in [-0.05, 0) is 12.8 Å². The van der Waals surface area contributed by atoms with E-state index >= 15 is 0 Å². The van der Waals surface area contributed by atoms with Gasteiger partial charge in [-0.15, -0.1) is 0 Å². The molecule has 1 saturated carbocycles. The Labute approximate surface area is 146 Å². The molecule has 25 heavy (non-hydrogen) atoms. The molecule has 1 aromatic heterocycles. The summed E-state index contributed by atoms with van der Waals surface area (Å²) in [6.07, 6.45) is 3.98. The number of ether oxygens (including phenoxy) is 1. The number of aliphatic hydroxyl groups is 2. The van der Waals surface area contributed by atoms with E-state index in [1.54, 1.807) is 17.3 Å². The lowest BCUT2D eigenvalue weighted by Gasteiger charge is -2.54. The molecule has 4 rings (SSSR count). The summed E-state index contributed by atoms with van der Waals surface area (Å²) in [6.45, 7) is 3.92. The fourth-order valence-corrected chi connectivity index (χ4v) is 4.08. The van der Waals surface area contributed by atoms with Crippen LogP contribution in [0.3, 0.4) is 0 Å². The van der Waals surface area contributed by atoms with E-state index in [1.807, 2.05) is 4.90 Å². The number of morpholine rings is 1. The predicted molar refractivity (Wildman–Crippen MR) is 89.3 cm³/mol. The second kappa shape index (κ2) is 6.51. The van der Waals surface area contributed by atoms with Crippen molar-refractivity contribution >= 4 is 11.9 Å². The maximum absolute atomic E-state index is 12.7. The summed E-state index contributed by atoms with van der Waals surface area (Å²) in [5.74, 6) is 0.532. The van der Waals surface area contributed by atoms with Crippen molar-refractivity contribution < 1.29 is 19.7 Å². The number of rotatable bonds is 2. The zero-order valence-electron chi connectivity index (χ0n) is 14.2. The topological polar surface area (TPSA) is 99.0 Å². The molecule has 0 aromatic carbocycles. The van der Waals surface area contributed by atoms with Crippen molar-refractivity contribution in [2.24, 2.45) is 5.41 Å². The van der Waals surface area contributed by atoms with E-state index in [1.165, 1.54) is 0 Å². The second-order valence-electron chi connectivity index (χ2n) is 7.16. The van der Waals surface area contributed by atoms with Crippen molar-refractivity contribution in [3.8, 4) is 0 Å². The number of carbonyl (C=O) groups excluding carboxylic acids is 1. The molecule has 2 saturated heterocycles. The van der Waals surface area contributed by atoms with E-state index in [2.05, 4.69) is 9.97 Å². The first kappa shape index (κ1) is 16.7. The molecule has 3 fully saturated rings. The van der Waals surface area contributed by atoms with Crippen LogP contribution in [0.15, 0.2) is 12.4 Å². The third kappa shape index (κ3) is 2.88. The summed E-state index contributed by atoms with van der Waals surface area (Å²) < 4.78 is 5.31. The summed E-state index contributed by atoms with van der Waals surface area (Å²) in [7, 11) is 0. The lowest BCUT2D eigenvalue weighted by Crippen LogP contribution is -2.61. The zero-order valence-corrected chi connectivity index (χ0v) is 14.2. The highest BCUT2D eigenvalue weighted by atomic mass is 16.5. The number of hydrogen-bond donors (Lipinski definition) is 2. The molecule has 3 aliphatic rings. The number of aromatic nitrogens is 2. The van der Waals surface area contributed by atoms with Crippen LogP contribution in [0.4, 0.5) is 5.95 Å². The van der Waals surface area contributed by atoms with E-state index in [9.17, 15) is 15.0 Å². The van der Waals surface area contributed by atoms with Crippen LogP contribution in [-0.2, 0) is 4.74 Å². The summed E-state index contributed by atoms with van der Waals surface area (Å²) in [5, 5.41) is 20.0. The van der Waals surface area contributed by atoms with Crippen molar-refractivity contribution in [1.82, 2.24) is 14.9 Å². The van der Waals surface area contributed by atoms with Crippen LogP contribution in [0.2, 0.25) is 0 Å². The molecule has 2 aliphatic heterocycles. The molecule has 1 aromatic rings. The number of piperidine rings is 1. The Balaban J connectivity index is 1.38. The maximum atomic E-state index is 12.7. The molecule has 1 spiro atoms. The molecule has 0 unspecified atom stereocenters. The number of likely N-dealkylation sites (tertiary alicyclic amines) is 1. The quantitative estimate of drug-likeness (QED) is 0.754. The van der Waals surface area contributed by atoms with Gasteiger partial charge in [-0.1, -0.05) is 0 Å². The maximum Gasteiger partial charge on any atom is 0.256 e. The van der Waals surface area contributed by atoms with E-state index in [0.717, 1.165) is 13.1 Å². The third-order valence-electron chi connectivity index (χ3n) is 5.93. The SMILES string of the molecule is O=C(c1cnc(N2CCOCC2)nc1)N1CCC2(CC1)[C@H](O)C[C@@H]2O. The Morgan fingerprint density at radius 3 is 2.24 bits per heavy atom. The van der Waals surface area contributed by atoms with E-state index in [4.69, 9.17) is 4.74 Å². The number of nitrogens with zero attached hydrogens (tertiary/aromatic N) is 4. The van der Waals surface area contributed by atoms with Gasteiger partial charge < -0.3 is 24.7 Å². The minimum Gasteiger partial charge on any atom is -0.392 e. The number of amides is 1. The summed E-state index contributed by atoms with van der Waals surface area (Å²) >= 11 is 0. The molecule has 0 radical (unpaired) electrons. The van der Waals surface area contributed by atoms with Gasteiger partial charge in [-0.3, -0.25) is 4.79 Å². The van der Waals surface area contributed by atoms with Crippen LogP contribution in [-0.4, -0.2) is 82.6 Å². The van der Waals surface area contributed by atoms with Gasteiger partial charge in [0.2, 0.25) is 5.95 Å². The highest BCUT2D eigenvalue weighted by Crippen LogP contribution is 2.49. The standard InChI is InChI=1S/C17H24N4O4/c22-13-9-14(23)17(13)1-3-20(4-2-17)15(24)12-10-18-16(19-11-12)21-5-7-25-8-6-21/h10-11,13-14,22-23H,1-9H2/t13-,14+. The van der Waals surface area contributed by atoms with Crippen LogP contribution in [0.5, 0.6) is 0 Å². The van der Waals surface area contributed by atoms with Gasteiger partial charge >= 0.3 is 0 Å². The van der Waals surface area contributed by atoms with E-state index in [-0.39, 0.29) is 5.91 Å². The lowest BCUT2D eigenvalue weighted by atomic mass is 9.58. The van der Waals surface area contributed by atoms with Crippen LogP contribution >= 0.6 is 0 Å². The first-order valence-corrected chi connectivity index (χ1v) is 8.90. The van der Waals surface area contributed by atoms with Crippen molar-refractivity contribution in [2.45, 2.75) is 31.5 Å². The van der Waals surface area contributed by atoms with Crippen LogP contribution < -0.4 is 4.90 Å². The monoisotopic (exact) mass is 348 g/mol. The summed E-state index contributed by atoms with van der Waals surface area (Å²) in [4.78, 5) is 25.1. The molecule has 8 heteroatoms. The van der Waals surface area contributed by atoms with Crippen molar-refractivity contribution in [2.75, 3.05) is 44.3 Å². The minimum atomic E-state index is -0.448. The summed E-state index contributed by atoms with van der Waals surface area (Å²) in [5.41, 5.74) is 0.0654. The number of aliphatic hydroxyl groups excluding tert-OH is 2. The normalized spacial score (nSPS) is 28.7. The summed E-state index contributed by atoms with van der Waals surface area (Å²) in [6, 6.07) is 0. The largest absolute Gasteiger partial charge is 0.392 e. The molecular formula is C17H24N4O4. The Bertz CT molecular complexity index is 614. The minimum absolute atomic E-state index is 0.0910. The molecule has 2 atom stereocenters. The highest BCUT2D eigenvalue weighted by molar-refractivity contribution is 5.93. The first-order valence-electron chi connectivity index (χ1n) is 8.90. The highest BCUT2D eigenvalue weighted by Gasteiger charge is 2.55. The molecule has 136 valence electrons. The molecule has 2 N–H and O–H groups in total. The van der Waals surface area contributed by atoms with Gasteiger partial charge in [-0.25, -0.2) is 9.97 Å². The Morgan fingerprint density at radius 1 is 1.08 bits per heavy atom. The van der Waals surface area contributed by atoms with Crippen LogP contribution in [0.1, 0.15) is 29.6 Å². The Hall–Kier alpha value is -1.77. The third-order valence-corrected chi connectivity index (χ3v) is 5.93. The Morgan fingerprint density at radius 2 is 1.68 bits per heavy atom. The van der Waals surface area contributed by atoms with Gasteiger partial charge in [-0.2, -0.15) is 0 Å². The molecule has 1 aliphatic carbocycles. The lowest BCUT2D eigenvalue weighted by molar-refractivity contribution is -0.187. The van der Waals surface area contributed by atoms with Crippen molar-refractivity contribution in [3.05, 3.63) is 18.0 Å². The van der Waals surface area contributed by atoms with Crippen molar-refractivity contribution in [3.63, 3.8) is 0 Å². The van der Waals surface area contributed by atoms with Crippen molar-refractivity contribution in [1.29, 1.82) is 0 Å². The van der Waals surface area contributed by atoms with E-state index in [0.29, 0.717) is 57.1 Å². The predicted octanol–water partition coefficient (Wildman–Crippen LogP) is -0.339. The van der Waals surface area contributed by atoms with Gasteiger partial charge in [0.25, 0.3) is 5.91 Å². The average Bonchev–Trinajstić information content (AvgIpc) is 2.68. The molecular weight excluding hydrogens is 324 g/mol.